The van der Waals surface area contributed by atoms with E-state index in [-0.39, 0.29) is 13.0 Å². The zero-order chi connectivity index (χ0) is 32.6. The highest BCUT2D eigenvalue weighted by atomic mass is 16.6. The van der Waals surface area contributed by atoms with Crippen LogP contribution in [-0.2, 0) is 61.6 Å². The van der Waals surface area contributed by atoms with Crippen molar-refractivity contribution in [2.45, 2.75) is 39.0 Å². The maximum atomic E-state index is 10.3. The Kier molecular flexibility index (Phi) is 40.1. The van der Waals surface area contributed by atoms with Crippen molar-refractivity contribution < 1.29 is 66.7 Å². The van der Waals surface area contributed by atoms with Gasteiger partial charge in [0.1, 0.15) is 0 Å². The van der Waals surface area contributed by atoms with Crippen LogP contribution < -0.4 is 0 Å². The van der Waals surface area contributed by atoms with E-state index in [2.05, 4.69) is 6.92 Å². The fraction of sp³-hybridized carbons (Fsp3) is 0.968. The zero-order valence-electron chi connectivity index (χ0n) is 27.8. The summed E-state index contributed by atoms with van der Waals surface area (Å²) >= 11 is 0. The third-order valence-electron chi connectivity index (χ3n) is 5.69. The van der Waals surface area contributed by atoms with Crippen LogP contribution in [0.5, 0.6) is 0 Å². The molecule has 270 valence electrons. The molecule has 0 radical (unpaired) electrons. The van der Waals surface area contributed by atoms with E-state index >= 15 is 0 Å². The second-order valence-electron chi connectivity index (χ2n) is 9.55. The topological polar surface area (TPSA) is 148 Å². The highest BCUT2D eigenvalue weighted by Crippen LogP contribution is 1.98. The molecule has 14 nitrogen and oxygen atoms in total. The predicted molar refractivity (Wildman–Crippen MR) is 166 cm³/mol. The smallest absolute Gasteiger partial charge is 0.305 e. The molecule has 0 rings (SSSR count). The van der Waals surface area contributed by atoms with Gasteiger partial charge in [0.05, 0.1) is 158 Å². The number of hydrogen-bond acceptors (Lipinski definition) is 13. The molecule has 0 unspecified atom stereocenters. The van der Waals surface area contributed by atoms with E-state index in [4.69, 9.17) is 61.9 Å². The molecule has 0 aromatic rings. The van der Waals surface area contributed by atoms with Gasteiger partial charge in [-0.2, -0.15) is 0 Å². The fourth-order valence-corrected chi connectivity index (χ4v) is 3.31. The Hall–Kier alpha value is -1.01. The Morgan fingerprint density at radius 2 is 0.556 bits per heavy atom. The van der Waals surface area contributed by atoms with Crippen LogP contribution in [0.4, 0.5) is 0 Å². The maximum Gasteiger partial charge on any atom is 0.305 e. The van der Waals surface area contributed by atoms with Crippen molar-refractivity contribution in [3.8, 4) is 0 Å². The van der Waals surface area contributed by atoms with E-state index in [1.54, 1.807) is 0 Å². The Morgan fingerprint density at radius 3 is 0.778 bits per heavy atom. The molecule has 0 aliphatic rings. The minimum absolute atomic E-state index is 0.000834. The summed E-state index contributed by atoms with van der Waals surface area (Å²) in [7, 11) is 0. The average molecular weight is 659 g/mol. The van der Waals surface area contributed by atoms with Crippen molar-refractivity contribution in [1.29, 1.82) is 0 Å². The Morgan fingerprint density at radius 1 is 0.333 bits per heavy atom. The van der Waals surface area contributed by atoms with Crippen molar-refractivity contribution in [3.63, 3.8) is 0 Å². The lowest BCUT2D eigenvalue weighted by Gasteiger charge is -2.09. The number of unbranched alkanes of at least 4 members (excludes halogenated alkanes) is 3. The Balaban J connectivity index is 3.04. The van der Waals surface area contributed by atoms with E-state index < -0.39 is 5.97 Å². The summed E-state index contributed by atoms with van der Waals surface area (Å²) in [5.74, 6) is -0.873. The number of carboxylic acid groups (broad SMARTS) is 1. The largest absolute Gasteiger partial charge is 0.481 e. The number of carboxylic acids is 1. The molecule has 0 fully saturated rings. The van der Waals surface area contributed by atoms with Crippen LogP contribution in [0.15, 0.2) is 0 Å². The highest BCUT2D eigenvalue weighted by molar-refractivity contribution is 5.66. The van der Waals surface area contributed by atoms with Gasteiger partial charge in [-0.1, -0.05) is 26.2 Å². The molecule has 0 atom stereocenters. The molecular formula is C31H62O14. The first-order chi connectivity index (χ1) is 22.3. The summed E-state index contributed by atoms with van der Waals surface area (Å²) < 4.78 is 65.1. The molecule has 0 amide bonds. The lowest BCUT2D eigenvalue weighted by atomic mass is 10.2. The third-order valence-corrected chi connectivity index (χ3v) is 5.69. The zero-order valence-corrected chi connectivity index (χ0v) is 27.8. The summed E-state index contributed by atoms with van der Waals surface area (Å²) in [5, 5.41) is 8.48. The van der Waals surface area contributed by atoms with Crippen LogP contribution in [0.25, 0.3) is 0 Å². The van der Waals surface area contributed by atoms with Gasteiger partial charge in [0.15, 0.2) is 0 Å². The average Bonchev–Trinajstić information content (AvgIpc) is 3.03. The molecule has 0 bridgehead atoms. The molecule has 0 saturated carbocycles. The molecule has 0 saturated heterocycles. The molecule has 0 aromatic carbocycles. The van der Waals surface area contributed by atoms with Crippen LogP contribution in [-0.4, -0.2) is 170 Å². The van der Waals surface area contributed by atoms with Crippen molar-refractivity contribution in [1.82, 2.24) is 0 Å². The number of carbonyl (C=O) groups is 1. The molecule has 14 heteroatoms. The second-order valence-corrected chi connectivity index (χ2v) is 9.55. The second kappa shape index (κ2) is 41.0. The molecule has 0 aromatic heterocycles. The fourth-order valence-electron chi connectivity index (χ4n) is 3.31. The summed E-state index contributed by atoms with van der Waals surface area (Å²) in [5.41, 5.74) is 0. The van der Waals surface area contributed by atoms with Gasteiger partial charge in [-0.15, -0.1) is 0 Å². The SMILES string of the molecule is CCCCCCOCCOCCOCCOCCOCCOCCOCCOCCOCCOCCOCCOCCC(=O)O. The van der Waals surface area contributed by atoms with Gasteiger partial charge in [-0.3, -0.25) is 4.79 Å². The van der Waals surface area contributed by atoms with Gasteiger partial charge < -0.3 is 61.9 Å². The minimum atomic E-state index is -0.873. The molecular weight excluding hydrogens is 596 g/mol. The van der Waals surface area contributed by atoms with Crippen LogP contribution in [0.1, 0.15) is 39.0 Å². The number of aliphatic carboxylic acids is 1. The molecule has 0 heterocycles. The molecule has 1 N–H and O–H groups in total. The van der Waals surface area contributed by atoms with Gasteiger partial charge in [-0.25, -0.2) is 0 Å². The van der Waals surface area contributed by atoms with Crippen LogP contribution in [0.3, 0.4) is 0 Å². The molecule has 0 aliphatic heterocycles. The van der Waals surface area contributed by atoms with E-state index in [0.29, 0.717) is 145 Å². The number of hydrogen-bond donors (Lipinski definition) is 1. The summed E-state index contributed by atoms with van der Waals surface area (Å²) in [6.45, 7) is 14.3. The standard InChI is InChI=1S/C31H62O14/c1-2-3-4-5-7-34-9-11-36-13-15-38-17-19-40-21-23-42-25-27-44-29-30-45-28-26-43-24-22-41-20-18-39-16-14-37-12-10-35-8-6-31(32)33/h2-30H2,1H3,(H,32,33). The van der Waals surface area contributed by atoms with Crippen LogP contribution >= 0.6 is 0 Å². The number of rotatable bonds is 41. The maximum absolute atomic E-state index is 10.3. The first kappa shape index (κ1) is 44.0. The lowest BCUT2D eigenvalue weighted by molar-refractivity contribution is -0.138. The van der Waals surface area contributed by atoms with Crippen molar-refractivity contribution in [2.75, 3.05) is 159 Å². The first-order valence-corrected chi connectivity index (χ1v) is 16.4. The van der Waals surface area contributed by atoms with Gasteiger partial charge in [0, 0.05) is 6.61 Å². The highest BCUT2D eigenvalue weighted by Gasteiger charge is 1.98. The van der Waals surface area contributed by atoms with Crippen LogP contribution in [0.2, 0.25) is 0 Å². The summed E-state index contributed by atoms with van der Waals surface area (Å²) in [4.78, 5) is 10.3. The van der Waals surface area contributed by atoms with E-state index in [1.807, 2.05) is 0 Å². The van der Waals surface area contributed by atoms with Crippen molar-refractivity contribution in [3.05, 3.63) is 0 Å². The Labute approximate surface area is 270 Å². The monoisotopic (exact) mass is 658 g/mol. The van der Waals surface area contributed by atoms with Gasteiger partial charge in [-0.05, 0) is 6.42 Å². The molecule has 0 aliphatic carbocycles. The third kappa shape index (κ3) is 43.0. The number of ether oxygens (including phenoxy) is 12. The summed E-state index contributed by atoms with van der Waals surface area (Å²) in [6, 6.07) is 0. The predicted octanol–water partition coefficient (Wildman–Crippen LogP) is 2.24. The van der Waals surface area contributed by atoms with E-state index in [1.165, 1.54) is 19.3 Å². The minimum Gasteiger partial charge on any atom is -0.481 e. The van der Waals surface area contributed by atoms with Gasteiger partial charge in [0.25, 0.3) is 0 Å². The van der Waals surface area contributed by atoms with Crippen LogP contribution in [0, 0.1) is 0 Å². The van der Waals surface area contributed by atoms with E-state index in [0.717, 1.165) is 13.0 Å². The Bertz CT molecular complexity index is 558. The normalized spacial score (nSPS) is 11.5. The lowest BCUT2D eigenvalue weighted by Crippen LogP contribution is -2.15. The summed E-state index contributed by atoms with van der Waals surface area (Å²) in [6.07, 6.45) is 4.88. The molecule has 45 heavy (non-hydrogen) atoms. The van der Waals surface area contributed by atoms with Crippen molar-refractivity contribution >= 4 is 5.97 Å². The first-order valence-electron chi connectivity index (χ1n) is 16.4. The molecule has 0 spiro atoms. The van der Waals surface area contributed by atoms with Crippen molar-refractivity contribution in [2.24, 2.45) is 0 Å². The van der Waals surface area contributed by atoms with Gasteiger partial charge >= 0.3 is 5.97 Å². The van der Waals surface area contributed by atoms with E-state index in [9.17, 15) is 4.79 Å². The van der Waals surface area contributed by atoms with Gasteiger partial charge in [0.2, 0.25) is 0 Å². The quantitative estimate of drug-likeness (QED) is 0.0958.